The number of nitriles is 1. The van der Waals surface area contributed by atoms with Gasteiger partial charge in [0.25, 0.3) is 0 Å². The van der Waals surface area contributed by atoms with Crippen molar-refractivity contribution in [1.82, 2.24) is 5.32 Å². The summed E-state index contributed by atoms with van der Waals surface area (Å²) in [5.74, 6) is -0.453. The highest BCUT2D eigenvalue weighted by Gasteiger charge is 2.16. The highest BCUT2D eigenvalue weighted by atomic mass is 16.5. The quantitative estimate of drug-likeness (QED) is 0.693. The standard InChI is InChI=1S/C12H15N3O2/c1-17-7-6-15-11(12(14)16)10-4-2-9(8-13)3-5-10/h2-5,11,15H,6-7H2,1H3,(H2,14,16). The number of nitrogens with one attached hydrogen (secondary N) is 1. The van der Waals surface area contributed by atoms with Crippen LogP contribution in [0.5, 0.6) is 0 Å². The second-order valence-electron chi connectivity index (χ2n) is 3.52. The van der Waals surface area contributed by atoms with Crippen LogP contribution >= 0.6 is 0 Å². The van der Waals surface area contributed by atoms with Crippen molar-refractivity contribution in [2.24, 2.45) is 5.73 Å². The number of carbonyl (C=O) groups is 1. The van der Waals surface area contributed by atoms with Crippen molar-refractivity contribution in [2.75, 3.05) is 20.3 Å². The van der Waals surface area contributed by atoms with E-state index in [4.69, 9.17) is 15.7 Å². The third kappa shape index (κ3) is 3.87. The van der Waals surface area contributed by atoms with E-state index in [1.54, 1.807) is 31.4 Å². The maximum atomic E-state index is 11.3. The van der Waals surface area contributed by atoms with Crippen LogP contribution in [0.1, 0.15) is 17.2 Å². The van der Waals surface area contributed by atoms with Crippen LogP contribution in [0.3, 0.4) is 0 Å². The van der Waals surface area contributed by atoms with Gasteiger partial charge in [-0.05, 0) is 17.7 Å². The van der Waals surface area contributed by atoms with Gasteiger partial charge in [-0.2, -0.15) is 5.26 Å². The fraction of sp³-hybridized carbons (Fsp3) is 0.333. The topological polar surface area (TPSA) is 88.1 Å². The number of ether oxygens (including phenoxy) is 1. The second kappa shape index (κ2) is 6.63. The normalized spacial score (nSPS) is 11.8. The summed E-state index contributed by atoms with van der Waals surface area (Å²) >= 11 is 0. The second-order valence-corrected chi connectivity index (χ2v) is 3.52. The molecule has 0 saturated carbocycles. The Balaban J connectivity index is 2.75. The smallest absolute Gasteiger partial charge is 0.239 e. The summed E-state index contributed by atoms with van der Waals surface area (Å²) in [6.07, 6.45) is 0. The number of primary amides is 1. The van der Waals surface area contributed by atoms with Gasteiger partial charge < -0.3 is 10.5 Å². The number of carbonyl (C=O) groups excluding carboxylic acids is 1. The van der Waals surface area contributed by atoms with E-state index >= 15 is 0 Å². The summed E-state index contributed by atoms with van der Waals surface area (Å²) in [6, 6.07) is 8.20. The minimum atomic E-state index is -0.558. The number of benzene rings is 1. The average molecular weight is 233 g/mol. The van der Waals surface area contributed by atoms with Crippen LogP contribution in [0.15, 0.2) is 24.3 Å². The zero-order valence-corrected chi connectivity index (χ0v) is 9.64. The van der Waals surface area contributed by atoms with Crippen molar-refractivity contribution in [3.05, 3.63) is 35.4 Å². The Morgan fingerprint density at radius 2 is 2.18 bits per heavy atom. The van der Waals surface area contributed by atoms with E-state index in [-0.39, 0.29) is 0 Å². The van der Waals surface area contributed by atoms with Crippen molar-refractivity contribution < 1.29 is 9.53 Å². The summed E-state index contributed by atoms with van der Waals surface area (Å²) in [6.45, 7) is 1.03. The maximum Gasteiger partial charge on any atom is 0.239 e. The number of rotatable bonds is 6. The van der Waals surface area contributed by atoms with Crippen LogP contribution in [0.4, 0.5) is 0 Å². The van der Waals surface area contributed by atoms with E-state index in [2.05, 4.69) is 5.32 Å². The molecule has 1 aromatic rings. The SMILES string of the molecule is COCCNC(C(N)=O)c1ccc(C#N)cc1. The Hall–Kier alpha value is -1.90. The molecule has 0 fully saturated rings. The highest BCUT2D eigenvalue weighted by molar-refractivity contribution is 5.81. The van der Waals surface area contributed by atoms with Gasteiger partial charge in [-0.25, -0.2) is 0 Å². The predicted molar refractivity (Wildman–Crippen MR) is 63.0 cm³/mol. The van der Waals surface area contributed by atoms with Gasteiger partial charge in [0.15, 0.2) is 0 Å². The van der Waals surface area contributed by atoms with Gasteiger partial charge in [-0.15, -0.1) is 0 Å². The van der Waals surface area contributed by atoms with E-state index in [0.717, 1.165) is 5.56 Å². The molecule has 1 amide bonds. The molecule has 1 unspecified atom stereocenters. The molecule has 5 heteroatoms. The molecule has 0 aliphatic heterocycles. The number of amides is 1. The van der Waals surface area contributed by atoms with E-state index in [1.807, 2.05) is 6.07 Å². The van der Waals surface area contributed by atoms with Crippen LogP contribution < -0.4 is 11.1 Å². The molecule has 0 radical (unpaired) electrons. The molecule has 0 aliphatic carbocycles. The molecule has 0 aliphatic rings. The minimum Gasteiger partial charge on any atom is -0.383 e. The lowest BCUT2D eigenvalue weighted by Gasteiger charge is -2.15. The fourth-order valence-corrected chi connectivity index (χ4v) is 1.44. The number of hydrogen-bond acceptors (Lipinski definition) is 4. The summed E-state index contributed by atoms with van der Waals surface area (Å²) in [5.41, 5.74) is 6.61. The van der Waals surface area contributed by atoms with Gasteiger partial charge in [-0.3, -0.25) is 10.1 Å². The largest absolute Gasteiger partial charge is 0.383 e. The first kappa shape index (κ1) is 13.2. The zero-order valence-electron chi connectivity index (χ0n) is 9.64. The van der Waals surface area contributed by atoms with Crippen LogP contribution in [-0.4, -0.2) is 26.2 Å². The van der Waals surface area contributed by atoms with Gasteiger partial charge in [0, 0.05) is 13.7 Å². The molecule has 0 heterocycles. The van der Waals surface area contributed by atoms with Crippen molar-refractivity contribution >= 4 is 5.91 Å². The number of nitrogens with two attached hydrogens (primary N) is 1. The Morgan fingerprint density at radius 1 is 1.53 bits per heavy atom. The first-order chi connectivity index (χ1) is 8.19. The Kier molecular flexibility index (Phi) is 5.14. The van der Waals surface area contributed by atoms with Crippen LogP contribution in [-0.2, 0) is 9.53 Å². The van der Waals surface area contributed by atoms with E-state index in [1.165, 1.54) is 0 Å². The molecule has 3 N–H and O–H groups in total. The maximum absolute atomic E-state index is 11.3. The molecule has 0 saturated heterocycles. The first-order valence-corrected chi connectivity index (χ1v) is 5.20. The third-order valence-corrected chi connectivity index (χ3v) is 2.31. The number of nitrogens with zero attached hydrogens (tertiary/aromatic N) is 1. The molecule has 0 bridgehead atoms. The van der Waals surface area contributed by atoms with Crippen molar-refractivity contribution in [3.63, 3.8) is 0 Å². The molecule has 1 atom stereocenters. The van der Waals surface area contributed by atoms with Gasteiger partial charge in [0.1, 0.15) is 6.04 Å². The molecule has 0 spiro atoms. The summed E-state index contributed by atoms with van der Waals surface area (Å²) in [7, 11) is 1.59. The lowest BCUT2D eigenvalue weighted by Crippen LogP contribution is -2.35. The average Bonchev–Trinajstić information content (AvgIpc) is 2.34. The zero-order chi connectivity index (χ0) is 12.7. The van der Waals surface area contributed by atoms with Crippen molar-refractivity contribution in [3.8, 4) is 6.07 Å². The van der Waals surface area contributed by atoms with E-state index < -0.39 is 11.9 Å². The van der Waals surface area contributed by atoms with Gasteiger partial charge in [-0.1, -0.05) is 12.1 Å². The number of hydrogen-bond donors (Lipinski definition) is 2. The van der Waals surface area contributed by atoms with Gasteiger partial charge >= 0.3 is 0 Å². The molecule has 90 valence electrons. The molecule has 1 rings (SSSR count). The molecule has 0 aromatic heterocycles. The lowest BCUT2D eigenvalue weighted by molar-refractivity contribution is -0.120. The van der Waals surface area contributed by atoms with Crippen LogP contribution in [0.25, 0.3) is 0 Å². The predicted octanol–water partition coefficient (Wildman–Crippen LogP) is 0.321. The molecule has 17 heavy (non-hydrogen) atoms. The Labute approximate surface area is 100 Å². The van der Waals surface area contributed by atoms with Gasteiger partial charge in [0.2, 0.25) is 5.91 Å². The Bertz CT molecular complexity index is 409. The van der Waals surface area contributed by atoms with Crippen molar-refractivity contribution in [2.45, 2.75) is 6.04 Å². The van der Waals surface area contributed by atoms with E-state index in [9.17, 15) is 4.79 Å². The molecular weight excluding hydrogens is 218 g/mol. The van der Waals surface area contributed by atoms with Crippen molar-refractivity contribution in [1.29, 1.82) is 5.26 Å². The summed E-state index contributed by atoms with van der Waals surface area (Å²) in [4.78, 5) is 11.3. The van der Waals surface area contributed by atoms with Crippen LogP contribution in [0, 0.1) is 11.3 Å². The van der Waals surface area contributed by atoms with Gasteiger partial charge in [0.05, 0.1) is 18.2 Å². The molecule has 5 nitrogen and oxygen atoms in total. The number of methoxy groups -OCH3 is 1. The Morgan fingerprint density at radius 3 is 2.65 bits per heavy atom. The summed E-state index contributed by atoms with van der Waals surface area (Å²) in [5, 5.41) is 11.7. The monoisotopic (exact) mass is 233 g/mol. The molecule has 1 aromatic carbocycles. The summed E-state index contributed by atoms with van der Waals surface area (Å²) < 4.78 is 4.89. The first-order valence-electron chi connectivity index (χ1n) is 5.20. The van der Waals surface area contributed by atoms with E-state index in [0.29, 0.717) is 18.7 Å². The fourth-order valence-electron chi connectivity index (χ4n) is 1.44. The lowest BCUT2D eigenvalue weighted by atomic mass is 10.0. The minimum absolute atomic E-state index is 0.453. The highest BCUT2D eigenvalue weighted by Crippen LogP contribution is 2.13. The third-order valence-electron chi connectivity index (χ3n) is 2.31. The molecular formula is C12H15N3O2. The van der Waals surface area contributed by atoms with Crippen LogP contribution in [0.2, 0.25) is 0 Å².